The van der Waals surface area contributed by atoms with Crippen molar-refractivity contribution in [1.29, 1.82) is 0 Å². The fourth-order valence-electron chi connectivity index (χ4n) is 1.45. The first-order valence-corrected chi connectivity index (χ1v) is 5.74. The van der Waals surface area contributed by atoms with Gasteiger partial charge in [0, 0.05) is 23.2 Å². The number of anilines is 1. The van der Waals surface area contributed by atoms with Gasteiger partial charge in [-0.05, 0) is 6.07 Å². The second-order valence-corrected chi connectivity index (χ2v) is 4.16. The topological polar surface area (TPSA) is 103 Å². The van der Waals surface area contributed by atoms with E-state index >= 15 is 0 Å². The van der Waals surface area contributed by atoms with Crippen molar-refractivity contribution < 1.29 is 18.4 Å². The maximum Gasteiger partial charge on any atom is 0.311 e. The lowest BCUT2D eigenvalue weighted by atomic mass is 10.3. The lowest BCUT2D eigenvalue weighted by Crippen LogP contribution is -2.11. The molecule has 0 aliphatic rings. The van der Waals surface area contributed by atoms with Gasteiger partial charge in [-0.15, -0.1) is 0 Å². The normalized spacial score (nSPS) is 10.3. The van der Waals surface area contributed by atoms with Crippen LogP contribution in [-0.2, 0) is 0 Å². The minimum atomic E-state index is -1.15. The summed E-state index contributed by atoms with van der Waals surface area (Å²) >= 11 is 5.70. The lowest BCUT2D eigenvalue weighted by Gasteiger charge is -2.09. The molecule has 0 saturated carbocycles. The molecule has 0 radical (unpaired) electrons. The molecule has 3 N–H and O–H groups in total. The zero-order valence-electron chi connectivity index (χ0n) is 10.1. The molecular formula is C11H7ClF2N4O3. The highest BCUT2D eigenvalue weighted by molar-refractivity contribution is 6.30. The zero-order chi connectivity index (χ0) is 15.6. The number of pyridine rings is 1. The standard InChI is InChI=1S/C11H7ClF2N4O3/c12-5-1-2-8(18(19)20)9(3-5)21-11-7(14)4-6(13)10(16-11)17-15/h1-4H,15H2,(H,16,17). The minimum absolute atomic E-state index is 0.135. The molecule has 0 aliphatic carbocycles. The van der Waals surface area contributed by atoms with Crippen LogP contribution in [0.25, 0.3) is 0 Å². The zero-order valence-corrected chi connectivity index (χ0v) is 10.9. The molecule has 110 valence electrons. The van der Waals surface area contributed by atoms with E-state index < -0.39 is 33.9 Å². The summed E-state index contributed by atoms with van der Waals surface area (Å²) in [6.07, 6.45) is 0. The highest BCUT2D eigenvalue weighted by Crippen LogP contribution is 2.34. The average molecular weight is 317 g/mol. The first-order valence-electron chi connectivity index (χ1n) is 5.37. The van der Waals surface area contributed by atoms with Crippen molar-refractivity contribution in [3.63, 3.8) is 0 Å². The third-order valence-electron chi connectivity index (χ3n) is 2.36. The van der Waals surface area contributed by atoms with Crippen LogP contribution in [0.15, 0.2) is 24.3 Å². The summed E-state index contributed by atoms with van der Waals surface area (Å²) in [6.45, 7) is 0. The summed E-state index contributed by atoms with van der Waals surface area (Å²) in [7, 11) is 0. The summed E-state index contributed by atoms with van der Waals surface area (Å²) < 4.78 is 31.8. The van der Waals surface area contributed by atoms with Crippen LogP contribution in [-0.4, -0.2) is 9.91 Å². The molecule has 2 rings (SSSR count). The smallest absolute Gasteiger partial charge is 0.311 e. The predicted molar refractivity (Wildman–Crippen MR) is 70.1 cm³/mol. The third-order valence-corrected chi connectivity index (χ3v) is 2.59. The van der Waals surface area contributed by atoms with Gasteiger partial charge in [0.25, 0.3) is 5.88 Å². The Hall–Kier alpha value is -2.52. The molecule has 0 amide bonds. The van der Waals surface area contributed by atoms with E-state index in [1.807, 2.05) is 5.43 Å². The molecule has 21 heavy (non-hydrogen) atoms. The Morgan fingerprint density at radius 3 is 2.67 bits per heavy atom. The average Bonchev–Trinajstić information content (AvgIpc) is 2.41. The van der Waals surface area contributed by atoms with Gasteiger partial charge in [-0.25, -0.2) is 14.6 Å². The number of rotatable bonds is 4. The predicted octanol–water partition coefficient (Wildman–Crippen LogP) is 3.00. The molecule has 0 unspecified atom stereocenters. The van der Waals surface area contributed by atoms with E-state index in [4.69, 9.17) is 22.2 Å². The number of ether oxygens (including phenoxy) is 1. The molecule has 0 atom stereocenters. The van der Waals surface area contributed by atoms with E-state index in [2.05, 4.69) is 4.98 Å². The molecule has 2 aromatic rings. The number of hydrogen-bond acceptors (Lipinski definition) is 6. The molecule has 10 heteroatoms. The number of aromatic nitrogens is 1. The number of halogens is 3. The molecule has 0 aliphatic heterocycles. The summed E-state index contributed by atoms with van der Waals surface area (Å²) in [5.74, 6) is 1.31. The quantitative estimate of drug-likeness (QED) is 0.510. The van der Waals surface area contributed by atoms with Gasteiger partial charge in [0.05, 0.1) is 4.92 Å². The molecule has 0 spiro atoms. The molecular weight excluding hydrogens is 310 g/mol. The fraction of sp³-hybridized carbons (Fsp3) is 0. The van der Waals surface area contributed by atoms with E-state index in [0.717, 1.165) is 12.1 Å². The lowest BCUT2D eigenvalue weighted by molar-refractivity contribution is -0.385. The number of hydrazine groups is 1. The fourth-order valence-corrected chi connectivity index (χ4v) is 1.61. The van der Waals surface area contributed by atoms with Crippen LogP contribution in [0.1, 0.15) is 0 Å². The van der Waals surface area contributed by atoms with Gasteiger partial charge in [0.2, 0.25) is 5.75 Å². The number of nitrogens with one attached hydrogen (secondary N) is 1. The van der Waals surface area contributed by atoms with Gasteiger partial charge >= 0.3 is 5.69 Å². The van der Waals surface area contributed by atoms with Crippen LogP contribution < -0.4 is 16.0 Å². The van der Waals surface area contributed by atoms with Crippen molar-refractivity contribution in [3.8, 4) is 11.6 Å². The van der Waals surface area contributed by atoms with E-state index in [-0.39, 0.29) is 10.8 Å². The molecule has 1 heterocycles. The Bertz CT molecular complexity index is 714. The highest BCUT2D eigenvalue weighted by atomic mass is 35.5. The Morgan fingerprint density at radius 1 is 1.33 bits per heavy atom. The minimum Gasteiger partial charge on any atom is -0.429 e. The van der Waals surface area contributed by atoms with E-state index in [1.54, 1.807) is 0 Å². The van der Waals surface area contributed by atoms with Crippen molar-refractivity contribution in [3.05, 3.63) is 51.0 Å². The summed E-state index contributed by atoms with van der Waals surface area (Å²) in [5, 5.41) is 11.0. The van der Waals surface area contributed by atoms with Crippen molar-refractivity contribution in [2.24, 2.45) is 5.84 Å². The van der Waals surface area contributed by atoms with Crippen LogP contribution in [0.2, 0.25) is 5.02 Å². The van der Waals surface area contributed by atoms with E-state index in [1.165, 1.54) is 6.07 Å². The molecule has 1 aromatic carbocycles. The molecule has 7 nitrogen and oxygen atoms in total. The first kappa shape index (κ1) is 14.9. The van der Waals surface area contributed by atoms with Gasteiger partial charge in [0.15, 0.2) is 17.5 Å². The summed E-state index contributed by atoms with van der Waals surface area (Å²) in [6, 6.07) is 3.95. The molecule has 0 fully saturated rings. The maximum atomic E-state index is 13.6. The monoisotopic (exact) mass is 316 g/mol. The number of hydrogen-bond donors (Lipinski definition) is 2. The second kappa shape index (κ2) is 5.85. The van der Waals surface area contributed by atoms with Gasteiger partial charge < -0.3 is 10.2 Å². The van der Waals surface area contributed by atoms with Gasteiger partial charge in [-0.1, -0.05) is 11.6 Å². The maximum absolute atomic E-state index is 13.6. The first-order chi connectivity index (χ1) is 9.92. The van der Waals surface area contributed by atoms with Crippen LogP contribution in [0.3, 0.4) is 0 Å². The van der Waals surface area contributed by atoms with E-state index in [9.17, 15) is 18.9 Å². The number of nitro groups is 1. The van der Waals surface area contributed by atoms with Gasteiger partial charge in [0.1, 0.15) is 0 Å². The third kappa shape index (κ3) is 3.15. The van der Waals surface area contributed by atoms with Crippen molar-refractivity contribution in [2.75, 3.05) is 5.43 Å². The molecule has 0 saturated heterocycles. The van der Waals surface area contributed by atoms with E-state index in [0.29, 0.717) is 6.07 Å². The Labute approximate surface area is 121 Å². The highest BCUT2D eigenvalue weighted by Gasteiger charge is 2.20. The Balaban J connectivity index is 2.47. The summed E-state index contributed by atoms with van der Waals surface area (Å²) in [4.78, 5) is 13.6. The van der Waals surface area contributed by atoms with Crippen LogP contribution in [0, 0.1) is 21.7 Å². The van der Waals surface area contributed by atoms with Crippen LogP contribution in [0.5, 0.6) is 11.6 Å². The van der Waals surface area contributed by atoms with Gasteiger partial charge in [-0.3, -0.25) is 10.1 Å². The molecule has 1 aromatic heterocycles. The van der Waals surface area contributed by atoms with Crippen LogP contribution in [0.4, 0.5) is 20.3 Å². The van der Waals surface area contributed by atoms with Gasteiger partial charge in [-0.2, -0.15) is 4.98 Å². The number of nitro benzene ring substituents is 1. The largest absolute Gasteiger partial charge is 0.429 e. The number of benzene rings is 1. The number of nitrogen functional groups attached to an aromatic ring is 1. The van der Waals surface area contributed by atoms with Crippen LogP contribution >= 0.6 is 11.6 Å². The molecule has 0 bridgehead atoms. The van der Waals surface area contributed by atoms with Crippen molar-refractivity contribution in [1.82, 2.24) is 4.98 Å². The second-order valence-electron chi connectivity index (χ2n) is 3.72. The number of nitrogens with two attached hydrogens (primary N) is 1. The van der Waals surface area contributed by atoms with Crippen molar-refractivity contribution in [2.45, 2.75) is 0 Å². The van der Waals surface area contributed by atoms with Crippen molar-refractivity contribution >= 4 is 23.1 Å². The summed E-state index contributed by atoms with van der Waals surface area (Å²) in [5.41, 5.74) is 1.45. The number of nitrogens with zero attached hydrogens (tertiary/aromatic N) is 2. The Morgan fingerprint density at radius 2 is 2.05 bits per heavy atom. The Kier molecular flexibility index (Phi) is 4.15. The SMILES string of the molecule is NNc1nc(Oc2cc(Cl)ccc2[N+](=O)[O-])c(F)cc1F.